The van der Waals surface area contributed by atoms with Crippen LogP contribution in [0.4, 0.5) is 0 Å². The fourth-order valence-electron chi connectivity index (χ4n) is 1.32. The van der Waals surface area contributed by atoms with Crippen LogP contribution in [0.1, 0.15) is 0 Å². The highest BCUT2D eigenvalue weighted by atomic mass is 127. The van der Waals surface area contributed by atoms with E-state index >= 15 is 0 Å². The summed E-state index contributed by atoms with van der Waals surface area (Å²) in [7, 11) is 2.04. The Labute approximate surface area is 89.5 Å². The molecule has 0 atom stereocenters. The topological polar surface area (TPSA) is 4.93 Å². The highest BCUT2D eigenvalue weighted by molar-refractivity contribution is 14.1. The first kappa shape index (κ1) is 8.38. The molecule has 0 aliphatic carbocycles. The Kier molecular flexibility index (Phi) is 2.04. The molecule has 1 aromatic heterocycles. The highest BCUT2D eigenvalue weighted by Crippen LogP contribution is 2.24. The van der Waals surface area contributed by atoms with Gasteiger partial charge in [0, 0.05) is 32.7 Å². The highest BCUT2D eigenvalue weighted by Gasteiger charge is 2.03. The Morgan fingerprint density at radius 3 is 2.92 bits per heavy atom. The monoisotopic (exact) mass is 291 g/mol. The van der Waals surface area contributed by atoms with Crippen molar-refractivity contribution in [1.29, 1.82) is 0 Å². The maximum Gasteiger partial charge on any atom is 0.0489 e. The molecular weight excluding hydrogens is 284 g/mol. The number of aromatic nitrogens is 1. The van der Waals surface area contributed by atoms with Gasteiger partial charge in [0.1, 0.15) is 0 Å². The van der Waals surface area contributed by atoms with E-state index in [0.29, 0.717) is 0 Å². The number of halogens is 2. The van der Waals surface area contributed by atoms with Crippen molar-refractivity contribution in [3.8, 4) is 0 Å². The minimum atomic E-state index is 0.798. The summed E-state index contributed by atoms with van der Waals surface area (Å²) in [6.07, 6.45) is 2.10. The molecule has 1 heterocycles. The van der Waals surface area contributed by atoms with Gasteiger partial charge in [-0.05, 0) is 40.8 Å². The van der Waals surface area contributed by atoms with E-state index in [1.54, 1.807) is 0 Å². The second kappa shape index (κ2) is 2.92. The third-order valence-corrected chi connectivity index (χ3v) is 3.00. The van der Waals surface area contributed by atoms with Crippen molar-refractivity contribution < 1.29 is 0 Å². The zero-order valence-corrected chi connectivity index (χ0v) is 9.43. The third kappa shape index (κ3) is 1.23. The molecule has 0 aliphatic rings. The molecule has 0 spiro atoms. The lowest BCUT2D eigenvalue weighted by molar-refractivity contribution is 0.966. The second-order valence-corrected chi connectivity index (χ2v) is 4.35. The van der Waals surface area contributed by atoms with Gasteiger partial charge in [-0.3, -0.25) is 0 Å². The van der Waals surface area contributed by atoms with Gasteiger partial charge in [0.15, 0.2) is 0 Å². The maximum absolute atomic E-state index is 5.89. The van der Waals surface area contributed by atoms with Crippen LogP contribution in [0.15, 0.2) is 24.4 Å². The minimum absolute atomic E-state index is 0.798. The summed E-state index contributed by atoms with van der Waals surface area (Å²) >= 11 is 8.20. The molecule has 0 aliphatic heterocycles. The lowest BCUT2D eigenvalue weighted by Crippen LogP contribution is -1.82. The van der Waals surface area contributed by atoms with Gasteiger partial charge in [-0.25, -0.2) is 0 Å². The maximum atomic E-state index is 5.89. The summed E-state index contributed by atoms with van der Waals surface area (Å²) in [5, 5.41) is 2.03. The molecule has 0 saturated carbocycles. The summed E-state index contributed by atoms with van der Waals surface area (Å²) in [5.74, 6) is 0. The number of hydrogen-bond donors (Lipinski definition) is 0. The predicted octanol–water partition coefficient (Wildman–Crippen LogP) is 3.44. The van der Waals surface area contributed by atoms with E-state index in [1.165, 1.54) is 14.5 Å². The van der Waals surface area contributed by atoms with E-state index < -0.39 is 0 Å². The lowest BCUT2D eigenvalue weighted by Gasteiger charge is -1.94. The molecule has 2 aromatic rings. The van der Waals surface area contributed by atoms with Crippen molar-refractivity contribution in [2.75, 3.05) is 0 Å². The van der Waals surface area contributed by atoms with E-state index in [2.05, 4.69) is 33.4 Å². The lowest BCUT2D eigenvalue weighted by atomic mass is 10.2. The number of rotatable bonds is 0. The van der Waals surface area contributed by atoms with Crippen LogP contribution < -0.4 is 0 Å². The van der Waals surface area contributed by atoms with Gasteiger partial charge in [-0.2, -0.15) is 0 Å². The van der Waals surface area contributed by atoms with Crippen molar-refractivity contribution in [3.05, 3.63) is 33.0 Å². The minimum Gasteiger partial charge on any atom is -0.349 e. The van der Waals surface area contributed by atoms with Crippen LogP contribution in [0, 0.1) is 3.57 Å². The summed E-state index contributed by atoms with van der Waals surface area (Å²) in [6, 6.07) is 5.96. The van der Waals surface area contributed by atoms with Gasteiger partial charge >= 0.3 is 0 Å². The standard InChI is InChI=1S/C9H7ClIN/c1-12-5-8(11)7-4-6(10)2-3-9(7)12/h2-5H,1H3. The van der Waals surface area contributed by atoms with Gasteiger partial charge in [-0.1, -0.05) is 11.6 Å². The molecule has 0 fully saturated rings. The van der Waals surface area contributed by atoms with Gasteiger partial charge in [0.2, 0.25) is 0 Å². The molecule has 12 heavy (non-hydrogen) atoms. The number of hydrogen-bond acceptors (Lipinski definition) is 0. The normalized spacial score (nSPS) is 10.9. The number of benzene rings is 1. The molecule has 1 aromatic carbocycles. The summed E-state index contributed by atoms with van der Waals surface area (Å²) in [5.41, 5.74) is 1.23. The number of fused-ring (bicyclic) bond motifs is 1. The Bertz CT molecular complexity index is 433. The molecule has 1 nitrogen and oxygen atoms in total. The Hall–Kier alpha value is -0.220. The van der Waals surface area contributed by atoms with Crippen molar-refractivity contribution >= 4 is 45.1 Å². The molecule has 0 saturated heterocycles. The second-order valence-electron chi connectivity index (χ2n) is 2.75. The predicted molar refractivity (Wildman–Crippen MR) is 60.6 cm³/mol. The quantitative estimate of drug-likeness (QED) is 0.655. The first-order valence-electron chi connectivity index (χ1n) is 3.58. The van der Waals surface area contributed by atoms with Crippen molar-refractivity contribution in [1.82, 2.24) is 4.57 Å². The summed E-state index contributed by atoms with van der Waals surface area (Å²) in [6.45, 7) is 0. The molecule has 2 rings (SSSR count). The molecular formula is C9H7ClIN. The fourth-order valence-corrected chi connectivity index (χ4v) is 2.34. The van der Waals surface area contributed by atoms with E-state index in [-0.39, 0.29) is 0 Å². The van der Waals surface area contributed by atoms with Crippen LogP contribution in [0.5, 0.6) is 0 Å². The van der Waals surface area contributed by atoms with Crippen molar-refractivity contribution in [2.24, 2.45) is 7.05 Å². The van der Waals surface area contributed by atoms with Crippen LogP contribution in [-0.4, -0.2) is 4.57 Å². The Morgan fingerprint density at radius 1 is 1.42 bits per heavy atom. The van der Waals surface area contributed by atoms with E-state index in [9.17, 15) is 0 Å². The number of nitrogens with zero attached hydrogens (tertiary/aromatic N) is 1. The first-order valence-corrected chi connectivity index (χ1v) is 5.04. The van der Waals surface area contributed by atoms with Gasteiger partial charge in [-0.15, -0.1) is 0 Å². The zero-order valence-electron chi connectivity index (χ0n) is 6.51. The molecule has 0 unspecified atom stereocenters. The average molecular weight is 292 g/mol. The molecule has 62 valence electrons. The van der Waals surface area contributed by atoms with Gasteiger partial charge in [0.05, 0.1) is 0 Å². The molecule has 0 N–H and O–H groups in total. The number of aryl methyl sites for hydroxylation is 1. The van der Waals surface area contributed by atoms with Gasteiger partial charge < -0.3 is 4.57 Å². The average Bonchev–Trinajstić information content (AvgIpc) is 2.28. The largest absolute Gasteiger partial charge is 0.349 e. The zero-order chi connectivity index (χ0) is 8.72. The molecule has 3 heteroatoms. The summed E-state index contributed by atoms with van der Waals surface area (Å²) < 4.78 is 3.35. The fraction of sp³-hybridized carbons (Fsp3) is 0.111. The third-order valence-electron chi connectivity index (χ3n) is 1.90. The van der Waals surface area contributed by atoms with Crippen LogP contribution >= 0.6 is 34.2 Å². The van der Waals surface area contributed by atoms with Crippen molar-refractivity contribution in [3.63, 3.8) is 0 Å². The van der Waals surface area contributed by atoms with Crippen molar-refractivity contribution in [2.45, 2.75) is 0 Å². The smallest absolute Gasteiger partial charge is 0.0489 e. The molecule has 0 amide bonds. The van der Waals surface area contributed by atoms with Crippen LogP contribution in [0.3, 0.4) is 0 Å². The molecule has 0 radical (unpaired) electrons. The van der Waals surface area contributed by atoms with E-state index in [0.717, 1.165) is 5.02 Å². The van der Waals surface area contributed by atoms with Crippen LogP contribution in [0.2, 0.25) is 5.02 Å². The van der Waals surface area contributed by atoms with E-state index in [4.69, 9.17) is 11.6 Å². The van der Waals surface area contributed by atoms with E-state index in [1.807, 2.05) is 25.2 Å². The van der Waals surface area contributed by atoms with Crippen LogP contribution in [0.25, 0.3) is 10.9 Å². The Morgan fingerprint density at radius 2 is 2.17 bits per heavy atom. The SMILES string of the molecule is Cn1cc(I)c2cc(Cl)ccc21. The van der Waals surface area contributed by atoms with Crippen LogP contribution in [-0.2, 0) is 7.05 Å². The first-order chi connectivity index (χ1) is 5.68. The van der Waals surface area contributed by atoms with Gasteiger partial charge in [0.25, 0.3) is 0 Å². The Balaban J connectivity index is 2.90. The molecule has 0 bridgehead atoms. The summed E-state index contributed by atoms with van der Waals surface area (Å²) in [4.78, 5) is 0.